The van der Waals surface area contributed by atoms with Crippen LogP contribution in [0.15, 0.2) is 35.2 Å². The SMILES string of the molecule is COc1ccc(Cl)cc1NC(=O)[C@H]1CCCN(S(=O)(=O)c2c(C)cc(C)cc2C)C1. The molecule has 0 spiro atoms. The number of carbonyl (C=O) groups excluding carboxylic acids is 1. The first-order valence-corrected chi connectivity index (χ1v) is 11.7. The monoisotopic (exact) mass is 450 g/mol. The standard InChI is InChI=1S/C22H27ClN2O4S/c1-14-10-15(2)21(16(3)11-14)30(27,28)25-9-5-6-17(13-25)22(26)24-19-12-18(23)7-8-20(19)29-4/h7-8,10-12,17H,5-6,9,13H2,1-4H3,(H,24,26)/t17-/m0/s1. The number of rotatable bonds is 5. The first-order valence-electron chi connectivity index (χ1n) is 9.86. The van der Waals surface area contributed by atoms with Gasteiger partial charge in [0, 0.05) is 18.1 Å². The topological polar surface area (TPSA) is 75.7 Å². The number of amides is 1. The molecule has 1 saturated heterocycles. The molecule has 1 N–H and O–H groups in total. The summed E-state index contributed by atoms with van der Waals surface area (Å²) in [6, 6.07) is 8.73. The highest BCUT2D eigenvalue weighted by Crippen LogP contribution is 2.31. The number of piperidine rings is 1. The van der Waals surface area contributed by atoms with Gasteiger partial charge in [0.15, 0.2) is 0 Å². The van der Waals surface area contributed by atoms with E-state index in [9.17, 15) is 13.2 Å². The van der Waals surface area contributed by atoms with Gasteiger partial charge in [-0.1, -0.05) is 29.3 Å². The molecular weight excluding hydrogens is 424 g/mol. The number of methoxy groups -OCH3 is 1. The Hall–Kier alpha value is -2.09. The predicted octanol–water partition coefficient (Wildman–Crippen LogP) is 4.31. The number of hydrogen-bond acceptors (Lipinski definition) is 4. The van der Waals surface area contributed by atoms with E-state index < -0.39 is 15.9 Å². The second kappa shape index (κ2) is 8.96. The molecule has 0 aliphatic carbocycles. The summed E-state index contributed by atoms with van der Waals surface area (Å²) in [7, 11) is -2.18. The van der Waals surface area contributed by atoms with Crippen LogP contribution in [0.1, 0.15) is 29.5 Å². The van der Waals surface area contributed by atoms with Crippen LogP contribution in [0.4, 0.5) is 5.69 Å². The smallest absolute Gasteiger partial charge is 0.243 e. The number of nitrogens with zero attached hydrogens (tertiary/aromatic N) is 1. The van der Waals surface area contributed by atoms with Gasteiger partial charge in [0.2, 0.25) is 15.9 Å². The van der Waals surface area contributed by atoms with E-state index in [1.54, 1.807) is 18.2 Å². The van der Waals surface area contributed by atoms with E-state index in [2.05, 4.69) is 5.32 Å². The maximum Gasteiger partial charge on any atom is 0.243 e. The Labute approximate surface area is 183 Å². The average Bonchev–Trinajstić information content (AvgIpc) is 2.67. The van der Waals surface area contributed by atoms with Crippen LogP contribution in [-0.2, 0) is 14.8 Å². The molecule has 2 aromatic carbocycles. The Morgan fingerprint density at radius 3 is 2.47 bits per heavy atom. The van der Waals surface area contributed by atoms with Gasteiger partial charge in [0.05, 0.1) is 23.6 Å². The van der Waals surface area contributed by atoms with Gasteiger partial charge < -0.3 is 10.1 Å². The molecule has 1 aliphatic rings. The van der Waals surface area contributed by atoms with E-state index in [0.29, 0.717) is 40.7 Å². The van der Waals surface area contributed by atoms with Gasteiger partial charge in [0.1, 0.15) is 5.75 Å². The van der Waals surface area contributed by atoms with Gasteiger partial charge in [-0.3, -0.25) is 4.79 Å². The third kappa shape index (κ3) is 4.63. The summed E-state index contributed by atoms with van der Waals surface area (Å²) in [5, 5.41) is 3.32. The highest BCUT2D eigenvalue weighted by Gasteiger charge is 2.35. The number of carbonyl (C=O) groups is 1. The molecule has 0 unspecified atom stereocenters. The van der Waals surface area contributed by atoms with E-state index in [1.165, 1.54) is 11.4 Å². The number of aryl methyl sites for hydroxylation is 3. The number of benzene rings is 2. The zero-order chi connectivity index (χ0) is 22.1. The van der Waals surface area contributed by atoms with Gasteiger partial charge in [-0.2, -0.15) is 4.31 Å². The minimum Gasteiger partial charge on any atom is -0.495 e. The van der Waals surface area contributed by atoms with E-state index >= 15 is 0 Å². The van der Waals surface area contributed by atoms with Crippen LogP contribution in [-0.4, -0.2) is 38.8 Å². The van der Waals surface area contributed by atoms with Crippen LogP contribution in [0.5, 0.6) is 5.75 Å². The largest absolute Gasteiger partial charge is 0.495 e. The van der Waals surface area contributed by atoms with Crippen molar-refractivity contribution in [3.8, 4) is 5.75 Å². The summed E-state index contributed by atoms with van der Waals surface area (Å²) >= 11 is 6.04. The normalized spacial score (nSPS) is 17.6. The van der Waals surface area contributed by atoms with E-state index in [0.717, 1.165) is 16.7 Å². The summed E-state index contributed by atoms with van der Waals surface area (Å²) in [5.74, 6) is -0.199. The van der Waals surface area contributed by atoms with Crippen LogP contribution in [0, 0.1) is 26.7 Å². The number of ether oxygens (including phenoxy) is 1. The van der Waals surface area contributed by atoms with Gasteiger partial charge in [-0.25, -0.2) is 8.42 Å². The molecule has 0 saturated carbocycles. The molecule has 2 aromatic rings. The number of hydrogen-bond donors (Lipinski definition) is 1. The molecule has 3 rings (SSSR count). The maximum absolute atomic E-state index is 13.4. The lowest BCUT2D eigenvalue weighted by Gasteiger charge is -2.32. The van der Waals surface area contributed by atoms with Crippen molar-refractivity contribution >= 4 is 33.2 Å². The van der Waals surface area contributed by atoms with Crippen molar-refractivity contribution in [3.05, 3.63) is 52.0 Å². The van der Waals surface area contributed by atoms with Crippen LogP contribution < -0.4 is 10.1 Å². The Bertz CT molecular complexity index is 1050. The van der Waals surface area contributed by atoms with Gasteiger partial charge in [-0.05, 0) is 62.9 Å². The molecule has 0 bridgehead atoms. The van der Waals surface area contributed by atoms with Gasteiger partial charge >= 0.3 is 0 Å². The van der Waals surface area contributed by atoms with Crippen molar-refractivity contribution in [2.24, 2.45) is 5.92 Å². The molecular formula is C22H27ClN2O4S. The Morgan fingerprint density at radius 2 is 1.83 bits per heavy atom. The fraction of sp³-hybridized carbons (Fsp3) is 0.409. The van der Waals surface area contributed by atoms with Crippen LogP contribution >= 0.6 is 11.6 Å². The van der Waals surface area contributed by atoms with Crippen LogP contribution in [0.2, 0.25) is 5.02 Å². The highest BCUT2D eigenvalue weighted by molar-refractivity contribution is 7.89. The molecule has 1 amide bonds. The zero-order valence-corrected chi connectivity index (χ0v) is 19.2. The van der Waals surface area contributed by atoms with E-state index in [1.807, 2.05) is 32.9 Å². The molecule has 30 heavy (non-hydrogen) atoms. The molecule has 6 nitrogen and oxygen atoms in total. The Balaban J connectivity index is 1.82. The first-order chi connectivity index (χ1) is 14.1. The molecule has 1 heterocycles. The third-order valence-corrected chi connectivity index (χ3v) is 7.78. The lowest BCUT2D eigenvalue weighted by atomic mass is 9.98. The summed E-state index contributed by atoms with van der Waals surface area (Å²) in [6.07, 6.45) is 1.24. The van der Waals surface area contributed by atoms with Crippen molar-refractivity contribution in [1.82, 2.24) is 4.31 Å². The number of halogens is 1. The molecule has 8 heteroatoms. The molecule has 162 valence electrons. The van der Waals surface area contributed by atoms with Gasteiger partial charge in [0.25, 0.3) is 0 Å². The molecule has 0 radical (unpaired) electrons. The van der Waals surface area contributed by atoms with Crippen molar-refractivity contribution < 1.29 is 17.9 Å². The fourth-order valence-corrected chi connectivity index (χ4v) is 6.20. The third-order valence-electron chi connectivity index (χ3n) is 5.38. The summed E-state index contributed by atoms with van der Waals surface area (Å²) in [5.41, 5.74) is 2.95. The number of nitrogens with one attached hydrogen (secondary N) is 1. The Kier molecular flexibility index (Phi) is 6.75. The highest BCUT2D eigenvalue weighted by atomic mass is 35.5. The minimum atomic E-state index is -3.69. The van der Waals surface area contributed by atoms with Crippen molar-refractivity contribution in [3.63, 3.8) is 0 Å². The fourth-order valence-electron chi connectivity index (χ4n) is 4.09. The van der Waals surface area contributed by atoms with Crippen molar-refractivity contribution in [2.45, 2.75) is 38.5 Å². The van der Waals surface area contributed by atoms with Crippen molar-refractivity contribution in [2.75, 3.05) is 25.5 Å². The molecule has 1 fully saturated rings. The summed E-state index contributed by atoms with van der Waals surface area (Å²) in [4.78, 5) is 13.2. The number of anilines is 1. The van der Waals surface area contributed by atoms with Crippen molar-refractivity contribution in [1.29, 1.82) is 0 Å². The average molecular weight is 451 g/mol. The quantitative estimate of drug-likeness (QED) is 0.736. The minimum absolute atomic E-state index is 0.143. The number of sulfonamides is 1. The van der Waals surface area contributed by atoms with Crippen LogP contribution in [0.3, 0.4) is 0 Å². The second-order valence-electron chi connectivity index (χ2n) is 7.76. The summed E-state index contributed by atoms with van der Waals surface area (Å²) < 4.78 is 33.4. The molecule has 0 aromatic heterocycles. The van der Waals surface area contributed by atoms with E-state index in [-0.39, 0.29) is 12.5 Å². The maximum atomic E-state index is 13.4. The second-order valence-corrected chi connectivity index (χ2v) is 10.1. The van der Waals surface area contributed by atoms with Crippen LogP contribution in [0.25, 0.3) is 0 Å². The Morgan fingerprint density at radius 1 is 1.17 bits per heavy atom. The first kappa shape index (κ1) is 22.6. The lowest BCUT2D eigenvalue weighted by molar-refractivity contribution is -0.120. The van der Waals surface area contributed by atoms with E-state index in [4.69, 9.17) is 16.3 Å². The summed E-state index contributed by atoms with van der Waals surface area (Å²) in [6.45, 7) is 6.11. The molecule has 1 atom stereocenters. The molecule has 1 aliphatic heterocycles. The lowest BCUT2D eigenvalue weighted by Crippen LogP contribution is -2.44. The predicted molar refractivity (Wildman–Crippen MR) is 119 cm³/mol. The van der Waals surface area contributed by atoms with Gasteiger partial charge in [-0.15, -0.1) is 0 Å². The zero-order valence-electron chi connectivity index (χ0n) is 17.7.